The maximum Gasteiger partial charge on any atom is 0.239 e. The van der Waals surface area contributed by atoms with Gasteiger partial charge in [-0.1, -0.05) is 19.3 Å². The van der Waals surface area contributed by atoms with Crippen molar-refractivity contribution in [2.24, 2.45) is 11.7 Å². The summed E-state index contributed by atoms with van der Waals surface area (Å²) in [7, 11) is 0. The molecule has 2 amide bonds. The van der Waals surface area contributed by atoms with Crippen LogP contribution >= 0.6 is 0 Å². The average Bonchev–Trinajstić information content (AvgIpc) is 2.38. The molecule has 0 aromatic rings. The molecule has 5 heteroatoms. The van der Waals surface area contributed by atoms with Crippen molar-refractivity contribution >= 4 is 11.8 Å². The van der Waals surface area contributed by atoms with Crippen molar-refractivity contribution < 1.29 is 9.59 Å². The molecule has 104 valence electrons. The van der Waals surface area contributed by atoms with Gasteiger partial charge in [0.25, 0.3) is 0 Å². The number of carbonyl (C=O) groups excluding carboxylic acids is 2. The van der Waals surface area contributed by atoms with Crippen LogP contribution in [0.2, 0.25) is 0 Å². The molecule has 1 saturated carbocycles. The van der Waals surface area contributed by atoms with Crippen LogP contribution in [0.15, 0.2) is 0 Å². The van der Waals surface area contributed by atoms with Gasteiger partial charge >= 0.3 is 0 Å². The van der Waals surface area contributed by atoms with E-state index in [2.05, 4.69) is 10.6 Å². The van der Waals surface area contributed by atoms with E-state index in [1.54, 1.807) is 0 Å². The van der Waals surface area contributed by atoms with Crippen molar-refractivity contribution in [1.29, 1.82) is 0 Å². The Morgan fingerprint density at radius 2 is 1.78 bits per heavy atom. The normalized spacial score (nSPS) is 16.3. The summed E-state index contributed by atoms with van der Waals surface area (Å²) in [6.45, 7) is 1.22. The van der Waals surface area contributed by atoms with E-state index in [4.69, 9.17) is 5.73 Å². The highest BCUT2D eigenvalue weighted by atomic mass is 16.2. The molecule has 1 fully saturated rings. The first-order chi connectivity index (χ1) is 8.72. The quantitative estimate of drug-likeness (QED) is 0.580. The third-order valence-electron chi connectivity index (χ3n) is 3.35. The second-order valence-electron chi connectivity index (χ2n) is 4.98. The van der Waals surface area contributed by atoms with Gasteiger partial charge in [0.2, 0.25) is 11.8 Å². The molecule has 0 unspecified atom stereocenters. The maximum atomic E-state index is 11.6. The molecule has 1 rings (SSSR count). The van der Waals surface area contributed by atoms with Crippen LogP contribution in [0.1, 0.15) is 44.9 Å². The third-order valence-corrected chi connectivity index (χ3v) is 3.35. The predicted molar refractivity (Wildman–Crippen MR) is 70.9 cm³/mol. The molecule has 0 saturated heterocycles. The zero-order valence-corrected chi connectivity index (χ0v) is 11.0. The van der Waals surface area contributed by atoms with Crippen LogP contribution in [0.4, 0.5) is 0 Å². The van der Waals surface area contributed by atoms with Gasteiger partial charge in [0.15, 0.2) is 0 Å². The Morgan fingerprint density at radius 3 is 2.44 bits per heavy atom. The van der Waals surface area contributed by atoms with E-state index in [1.807, 2.05) is 0 Å². The summed E-state index contributed by atoms with van der Waals surface area (Å²) in [5.41, 5.74) is 5.32. The van der Waals surface area contributed by atoms with Gasteiger partial charge in [0.05, 0.1) is 6.54 Å². The van der Waals surface area contributed by atoms with Crippen LogP contribution in [0.5, 0.6) is 0 Å². The molecule has 0 heterocycles. The van der Waals surface area contributed by atoms with E-state index in [0.29, 0.717) is 25.4 Å². The Labute approximate surface area is 109 Å². The summed E-state index contributed by atoms with van der Waals surface area (Å²) in [6, 6.07) is 0. The lowest BCUT2D eigenvalue weighted by molar-refractivity contribution is -0.126. The number of rotatable bonds is 7. The first kappa shape index (κ1) is 15.0. The zero-order valence-electron chi connectivity index (χ0n) is 11.0. The molecule has 0 aromatic heterocycles. The Bertz CT molecular complexity index is 263. The summed E-state index contributed by atoms with van der Waals surface area (Å²) in [6.07, 6.45) is 7.39. The Balaban J connectivity index is 2.06. The molecule has 1 aliphatic rings. The Morgan fingerprint density at radius 1 is 1.06 bits per heavy atom. The summed E-state index contributed by atoms with van der Waals surface area (Å²) in [5.74, 6) is 0.371. The molecule has 18 heavy (non-hydrogen) atoms. The van der Waals surface area contributed by atoms with E-state index in [9.17, 15) is 9.59 Å². The van der Waals surface area contributed by atoms with Gasteiger partial charge in [-0.25, -0.2) is 0 Å². The van der Waals surface area contributed by atoms with Crippen molar-refractivity contribution in [1.82, 2.24) is 10.6 Å². The third kappa shape index (κ3) is 6.59. The fraction of sp³-hybridized carbons (Fsp3) is 0.846. The molecule has 0 atom stereocenters. The van der Waals surface area contributed by atoms with Gasteiger partial charge in [-0.15, -0.1) is 0 Å². The van der Waals surface area contributed by atoms with E-state index < -0.39 is 0 Å². The van der Waals surface area contributed by atoms with E-state index in [-0.39, 0.29) is 18.4 Å². The van der Waals surface area contributed by atoms with Crippen molar-refractivity contribution in [3.05, 3.63) is 0 Å². The molecular formula is C13H25N3O2. The molecule has 1 aliphatic carbocycles. The highest BCUT2D eigenvalue weighted by molar-refractivity contribution is 5.84. The number of hydrogen-bond acceptors (Lipinski definition) is 3. The fourth-order valence-corrected chi connectivity index (χ4v) is 2.30. The van der Waals surface area contributed by atoms with Gasteiger partial charge in [0.1, 0.15) is 0 Å². The highest BCUT2D eigenvalue weighted by Gasteiger charge is 2.17. The monoisotopic (exact) mass is 255 g/mol. The number of hydrogen-bond donors (Lipinski definition) is 3. The SMILES string of the molecule is NCCCNC(=O)CNC(=O)CC1CCCCC1. The van der Waals surface area contributed by atoms with E-state index in [0.717, 1.165) is 19.3 Å². The number of nitrogens with two attached hydrogens (primary N) is 1. The summed E-state index contributed by atoms with van der Waals surface area (Å²) < 4.78 is 0. The van der Waals surface area contributed by atoms with Crippen LogP contribution in [0, 0.1) is 5.92 Å². The van der Waals surface area contributed by atoms with Gasteiger partial charge < -0.3 is 16.4 Å². The zero-order chi connectivity index (χ0) is 13.2. The van der Waals surface area contributed by atoms with Gasteiger partial charge in [-0.2, -0.15) is 0 Å². The van der Waals surface area contributed by atoms with E-state index >= 15 is 0 Å². The minimum absolute atomic E-state index is 0.00382. The largest absolute Gasteiger partial charge is 0.355 e. The molecule has 0 aliphatic heterocycles. The first-order valence-corrected chi connectivity index (χ1v) is 6.96. The molecule has 0 radical (unpaired) electrons. The topological polar surface area (TPSA) is 84.2 Å². The summed E-state index contributed by atoms with van der Waals surface area (Å²) in [4.78, 5) is 23.0. The Hall–Kier alpha value is -1.10. The van der Waals surface area contributed by atoms with Crippen molar-refractivity contribution in [3.8, 4) is 0 Å². The number of nitrogens with one attached hydrogen (secondary N) is 2. The van der Waals surface area contributed by atoms with Crippen molar-refractivity contribution in [2.75, 3.05) is 19.6 Å². The minimum atomic E-state index is -0.138. The molecule has 0 bridgehead atoms. The predicted octanol–water partition coefficient (Wildman–Crippen LogP) is 0.538. The van der Waals surface area contributed by atoms with Crippen LogP contribution in [0.3, 0.4) is 0 Å². The van der Waals surface area contributed by atoms with Crippen LogP contribution in [-0.4, -0.2) is 31.4 Å². The second kappa shape index (κ2) is 8.91. The van der Waals surface area contributed by atoms with Crippen molar-refractivity contribution in [3.63, 3.8) is 0 Å². The van der Waals surface area contributed by atoms with Crippen LogP contribution < -0.4 is 16.4 Å². The number of amides is 2. The average molecular weight is 255 g/mol. The van der Waals surface area contributed by atoms with Gasteiger partial charge in [-0.05, 0) is 31.7 Å². The minimum Gasteiger partial charge on any atom is -0.355 e. The van der Waals surface area contributed by atoms with Gasteiger partial charge in [-0.3, -0.25) is 9.59 Å². The fourth-order valence-electron chi connectivity index (χ4n) is 2.30. The van der Waals surface area contributed by atoms with Crippen LogP contribution in [-0.2, 0) is 9.59 Å². The van der Waals surface area contributed by atoms with Gasteiger partial charge in [0, 0.05) is 13.0 Å². The Kier molecular flexibility index (Phi) is 7.41. The lowest BCUT2D eigenvalue weighted by Crippen LogP contribution is -2.38. The summed E-state index contributed by atoms with van der Waals surface area (Å²) in [5, 5.41) is 5.38. The van der Waals surface area contributed by atoms with Crippen LogP contribution in [0.25, 0.3) is 0 Å². The maximum absolute atomic E-state index is 11.6. The molecular weight excluding hydrogens is 230 g/mol. The first-order valence-electron chi connectivity index (χ1n) is 6.96. The summed E-state index contributed by atoms with van der Waals surface area (Å²) >= 11 is 0. The molecule has 5 nitrogen and oxygen atoms in total. The van der Waals surface area contributed by atoms with E-state index in [1.165, 1.54) is 19.3 Å². The smallest absolute Gasteiger partial charge is 0.239 e. The second-order valence-corrected chi connectivity index (χ2v) is 4.98. The van der Waals surface area contributed by atoms with Crippen molar-refractivity contribution in [2.45, 2.75) is 44.9 Å². The lowest BCUT2D eigenvalue weighted by Gasteiger charge is -2.20. The highest BCUT2D eigenvalue weighted by Crippen LogP contribution is 2.25. The lowest BCUT2D eigenvalue weighted by atomic mass is 9.87. The molecule has 0 aromatic carbocycles. The standard InChI is InChI=1S/C13H25N3O2/c14-7-4-8-15-13(18)10-16-12(17)9-11-5-2-1-3-6-11/h11H,1-10,14H2,(H,15,18)(H,16,17). The molecule has 0 spiro atoms. The number of carbonyl (C=O) groups is 2. The molecule has 4 N–H and O–H groups in total.